The van der Waals surface area contributed by atoms with Crippen LogP contribution in [0.3, 0.4) is 0 Å². The quantitative estimate of drug-likeness (QED) is 0.619. The summed E-state index contributed by atoms with van der Waals surface area (Å²) in [6.07, 6.45) is 6.31. The first-order valence-electron chi connectivity index (χ1n) is 9.26. The monoisotopic (exact) mass is 333 g/mol. The van der Waals surface area contributed by atoms with Crippen LogP contribution in [0.1, 0.15) is 64.5 Å². The molecule has 1 N–H and O–H groups in total. The first-order valence-corrected chi connectivity index (χ1v) is 12.2. The highest BCUT2D eigenvalue weighted by atomic mass is 28.4. The predicted molar refractivity (Wildman–Crippen MR) is 103 cm³/mol. The molecule has 23 heavy (non-hydrogen) atoms. The van der Waals surface area contributed by atoms with Gasteiger partial charge in [-0.1, -0.05) is 40.2 Å². The van der Waals surface area contributed by atoms with Crippen molar-refractivity contribution in [1.82, 2.24) is 5.32 Å². The molecule has 130 valence electrons. The number of nitrogens with one attached hydrogen (secondary N) is 1. The molecular weight excluding hydrogens is 298 g/mol. The van der Waals surface area contributed by atoms with Crippen LogP contribution in [0.4, 0.5) is 0 Å². The highest BCUT2D eigenvalue weighted by molar-refractivity contribution is 6.74. The zero-order valence-corrected chi connectivity index (χ0v) is 17.0. The lowest BCUT2D eigenvalue weighted by molar-refractivity contribution is 0.490. The van der Waals surface area contributed by atoms with E-state index in [9.17, 15) is 0 Å². The molecule has 0 saturated heterocycles. The first kappa shape index (κ1) is 18.5. The van der Waals surface area contributed by atoms with Crippen LogP contribution in [0.15, 0.2) is 18.2 Å². The van der Waals surface area contributed by atoms with E-state index < -0.39 is 8.32 Å². The maximum atomic E-state index is 6.56. The van der Waals surface area contributed by atoms with Gasteiger partial charge in [0.1, 0.15) is 5.75 Å². The molecule has 0 atom stereocenters. The molecule has 0 heterocycles. The van der Waals surface area contributed by atoms with Crippen LogP contribution >= 0.6 is 0 Å². The Morgan fingerprint density at radius 1 is 1.13 bits per heavy atom. The van der Waals surface area contributed by atoms with E-state index in [1.54, 1.807) is 0 Å². The van der Waals surface area contributed by atoms with Crippen LogP contribution in [0.25, 0.3) is 0 Å². The van der Waals surface area contributed by atoms with Gasteiger partial charge in [0, 0.05) is 12.6 Å². The lowest BCUT2D eigenvalue weighted by Crippen LogP contribution is -2.43. The van der Waals surface area contributed by atoms with Gasteiger partial charge >= 0.3 is 0 Å². The van der Waals surface area contributed by atoms with Crippen LogP contribution in [-0.2, 0) is 13.0 Å². The lowest BCUT2D eigenvalue weighted by Gasteiger charge is -2.36. The predicted octanol–water partition coefficient (Wildman–Crippen LogP) is 5.67. The van der Waals surface area contributed by atoms with Crippen molar-refractivity contribution >= 4 is 8.32 Å². The van der Waals surface area contributed by atoms with E-state index in [4.69, 9.17) is 4.43 Å². The second-order valence-electron chi connectivity index (χ2n) is 8.61. The molecule has 1 aromatic carbocycles. The molecule has 1 saturated carbocycles. The Morgan fingerprint density at radius 3 is 2.35 bits per heavy atom. The minimum Gasteiger partial charge on any atom is -0.543 e. The second kappa shape index (κ2) is 7.39. The van der Waals surface area contributed by atoms with E-state index >= 15 is 0 Å². The fourth-order valence-corrected chi connectivity index (χ4v) is 3.43. The van der Waals surface area contributed by atoms with Gasteiger partial charge in [0.15, 0.2) is 0 Å². The van der Waals surface area contributed by atoms with Crippen molar-refractivity contribution in [3.05, 3.63) is 29.3 Å². The molecule has 1 aliphatic rings. The average molecular weight is 334 g/mol. The number of rotatable bonds is 8. The van der Waals surface area contributed by atoms with E-state index in [2.05, 4.69) is 64.3 Å². The molecule has 0 aliphatic heterocycles. The maximum absolute atomic E-state index is 6.56. The van der Waals surface area contributed by atoms with Gasteiger partial charge in [0.25, 0.3) is 0 Å². The Bertz CT molecular complexity index is 515. The maximum Gasteiger partial charge on any atom is 0.250 e. The third kappa shape index (κ3) is 5.65. The third-order valence-corrected chi connectivity index (χ3v) is 9.55. The first-order chi connectivity index (χ1) is 10.7. The topological polar surface area (TPSA) is 21.3 Å². The molecule has 1 fully saturated rings. The van der Waals surface area contributed by atoms with E-state index in [-0.39, 0.29) is 5.04 Å². The fraction of sp³-hybridized carbons (Fsp3) is 0.700. The van der Waals surface area contributed by atoms with Gasteiger partial charge in [-0.3, -0.25) is 0 Å². The summed E-state index contributed by atoms with van der Waals surface area (Å²) in [5.74, 6) is 1.08. The van der Waals surface area contributed by atoms with Crippen molar-refractivity contribution in [2.24, 2.45) is 0 Å². The summed E-state index contributed by atoms with van der Waals surface area (Å²) >= 11 is 0. The molecule has 3 heteroatoms. The van der Waals surface area contributed by atoms with Crippen LogP contribution in [-0.4, -0.2) is 14.4 Å². The van der Waals surface area contributed by atoms with Gasteiger partial charge in [-0.25, -0.2) is 0 Å². The van der Waals surface area contributed by atoms with Gasteiger partial charge < -0.3 is 9.74 Å². The Morgan fingerprint density at radius 2 is 1.78 bits per heavy atom. The summed E-state index contributed by atoms with van der Waals surface area (Å²) in [4.78, 5) is 0. The van der Waals surface area contributed by atoms with Gasteiger partial charge in [-0.2, -0.15) is 0 Å². The van der Waals surface area contributed by atoms with E-state index in [0.717, 1.165) is 24.8 Å². The van der Waals surface area contributed by atoms with Crippen molar-refractivity contribution in [3.8, 4) is 5.75 Å². The van der Waals surface area contributed by atoms with Crippen molar-refractivity contribution in [1.29, 1.82) is 0 Å². The average Bonchev–Trinajstić information content (AvgIpc) is 3.25. The van der Waals surface area contributed by atoms with Gasteiger partial charge in [0.2, 0.25) is 8.32 Å². The molecule has 0 amide bonds. The summed E-state index contributed by atoms with van der Waals surface area (Å²) in [6.45, 7) is 14.8. The summed E-state index contributed by atoms with van der Waals surface area (Å²) in [7, 11) is -1.78. The highest BCUT2D eigenvalue weighted by Crippen LogP contribution is 2.37. The second-order valence-corrected chi connectivity index (χ2v) is 13.3. The number of unbranched alkanes of at least 4 members (excludes halogenated alkanes) is 1. The van der Waals surface area contributed by atoms with Crippen LogP contribution in [0, 0.1) is 0 Å². The summed E-state index contributed by atoms with van der Waals surface area (Å²) < 4.78 is 6.56. The minimum atomic E-state index is -1.78. The van der Waals surface area contributed by atoms with Gasteiger partial charge in [0.05, 0.1) is 0 Å². The molecule has 0 radical (unpaired) electrons. The van der Waals surface area contributed by atoms with Gasteiger partial charge in [-0.05, 0) is 67.1 Å². The van der Waals surface area contributed by atoms with Crippen LogP contribution in [0.2, 0.25) is 18.1 Å². The largest absolute Gasteiger partial charge is 0.543 e. The number of hydrogen-bond donors (Lipinski definition) is 1. The van der Waals surface area contributed by atoms with Crippen molar-refractivity contribution in [2.45, 2.75) is 90.5 Å². The summed E-state index contributed by atoms with van der Waals surface area (Å²) in [6, 6.07) is 7.64. The van der Waals surface area contributed by atoms with E-state index in [1.807, 2.05) is 0 Å². The normalized spacial score (nSPS) is 15.7. The number of benzene rings is 1. The van der Waals surface area contributed by atoms with Crippen LogP contribution < -0.4 is 9.74 Å². The van der Waals surface area contributed by atoms with Crippen molar-refractivity contribution in [3.63, 3.8) is 0 Å². The van der Waals surface area contributed by atoms with E-state index in [0.29, 0.717) is 0 Å². The Hall–Kier alpha value is -0.803. The molecule has 0 unspecified atom stereocenters. The fourth-order valence-electron chi connectivity index (χ4n) is 2.41. The summed E-state index contributed by atoms with van der Waals surface area (Å²) in [5.41, 5.74) is 2.80. The zero-order chi connectivity index (χ0) is 17.1. The van der Waals surface area contributed by atoms with Crippen molar-refractivity contribution < 1.29 is 4.43 Å². The van der Waals surface area contributed by atoms with E-state index in [1.165, 1.54) is 36.8 Å². The molecule has 1 aromatic rings. The standard InChI is InChI=1S/C20H35NOSi/c1-7-8-9-16-12-17(15-21-18-10-11-18)14-19(13-16)22-23(5,6)20(2,3)4/h12-14,18,21H,7-11,15H2,1-6H3. The zero-order valence-electron chi connectivity index (χ0n) is 16.0. The van der Waals surface area contributed by atoms with Gasteiger partial charge in [-0.15, -0.1) is 0 Å². The lowest BCUT2D eigenvalue weighted by atomic mass is 10.0. The third-order valence-electron chi connectivity index (χ3n) is 5.20. The molecule has 2 nitrogen and oxygen atoms in total. The molecule has 2 rings (SSSR count). The highest BCUT2D eigenvalue weighted by Gasteiger charge is 2.39. The van der Waals surface area contributed by atoms with Crippen LogP contribution in [0.5, 0.6) is 5.75 Å². The molecule has 1 aliphatic carbocycles. The Labute approximate surface area is 144 Å². The molecular formula is C20H35NOSi. The molecule has 0 spiro atoms. The van der Waals surface area contributed by atoms with Crippen molar-refractivity contribution in [2.75, 3.05) is 0 Å². The number of hydrogen-bond acceptors (Lipinski definition) is 2. The Kier molecular flexibility index (Phi) is 5.96. The Balaban J connectivity index is 2.16. The molecule has 0 aromatic heterocycles. The molecule has 0 bridgehead atoms. The minimum absolute atomic E-state index is 0.235. The number of aryl methyl sites for hydroxylation is 1. The SMILES string of the molecule is CCCCc1cc(CNC2CC2)cc(O[Si](C)(C)C(C)(C)C)c1. The smallest absolute Gasteiger partial charge is 0.250 e. The summed E-state index contributed by atoms with van der Waals surface area (Å²) in [5, 5.41) is 3.87.